The lowest BCUT2D eigenvalue weighted by Crippen LogP contribution is -1.84. The topological polar surface area (TPSA) is 0 Å². The Labute approximate surface area is 51.4 Å². The van der Waals surface area contributed by atoms with Crippen molar-refractivity contribution in [2.45, 2.75) is 9.71 Å². The van der Waals surface area contributed by atoms with E-state index < -0.39 is 4.33 Å². The van der Waals surface area contributed by atoms with Crippen LogP contribution in [0.3, 0.4) is 0 Å². The van der Waals surface area contributed by atoms with Crippen molar-refractivity contribution in [3.63, 3.8) is 0 Å². The maximum absolute atomic E-state index is 5.37. The van der Waals surface area contributed by atoms with Gasteiger partial charge in [0.05, 0.1) is 5.38 Å². The van der Waals surface area contributed by atoms with Crippen molar-refractivity contribution in [3.8, 4) is 0 Å². The van der Waals surface area contributed by atoms with Gasteiger partial charge >= 0.3 is 0 Å². The van der Waals surface area contributed by atoms with Gasteiger partial charge in [0.1, 0.15) is 4.33 Å². The first kappa shape index (κ1) is 5.02. The molecule has 0 aliphatic heterocycles. The van der Waals surface area contributed by atoms with E-state index in [1.54, 1.807) is 6.42 Å². The highest BCUT2D eigenvalue weighted by molar-refractivity contribution is 6.58. The Morgan fingerprint density at radius 1 is 1.50 bits per heavy atom. The van der Waals surface area contributed by atoms with Crippen LogP contribution in [0.2, 0.25) is 0 Å². The molecule has 0 bridgehead atoms. The molecule has 0 spiro atoms. The average Bonchev–Trinajstić information content (AvgIpc) is 1.73. The van der Waals surface area contributed by atoms with Crippen LogP contribution in [0, 0.1) is 6.42 Å². The lowest BCUT2D eigenvalue weighted by molar-refractivity contribution is 1.38. The van der Waals surface area contributed by atoms with Gasteiger partial charge < -0.3 is 0 Å². The number of hydrogen-bond acceptors (Lipinski definition) is 0. The number of halogens is 3. The molecule has 0 nitrogen and oxygen atoms in total. The van der Waals surface area contributed by atoms with E-state index in [1.807, 2.05) is 0 Å². The Balaban J connectivity index is 2.41. The van der Waals surface area contributed by atoms with E-state index in [-0.39, 0.29) is 5.38 Å². The minimum Gasteiger partial charge on any atom is -0.119 e. The van der Waals surface area contributed by atoms with Gasteiger partial charge in [0.2, 0.25) is 0 Å². The van der Waals surface area contributed by atoms with Gasteiger partial charge in [-0.1, -0.05) is 23.2 Å². The Morgan fingerprint density at radius 3 is 1.67 bits per heavy atom. The molecule has 1 saturated carbocycles. The molecule has 3 heteroatoms. The quantitative estimate of drug-likeness (QED) is 0.456. The second-order valence-corrected chi connectivity index (χ2v) is 3.16. The molecule has 0 amide bonds. The minimum absolute atomic E-state index is 0.124. The van der Waals surface area contributed by atoms with Crippen molar-refractivity contribution in [1.82, 2.24) is 0 Å². The SMILES string of the molecule is ClC1[CH]C1(Cl)Cl. The second-order valence-electron chi connectivity index (χ2n) is 1.24. The van der Waals surface area contributed by atoms with Crippen molar-refractivity contribution in [2.75, 3.05) is 0 Å². The molecular formula is C3H2Cl3. The largest absolute Gasteiger partial charge is 0.139 e. The van der Waals surface area contributed by atoms with Gasteiger partial charge in [0.25, 0.3) is 0 Å². The lowest BCUT2D eigenvalue weighted by atomic mass is 10.9. The van der Waals surface area contributed by atoms with E-state index in [1.165, 1.54) is 0 Å². The van der Waals surface area contributed by atoms with Gasteiger partial charge in [0.15, 0.2) is 0 Å². The molecule has 1 rings (SSSR count). The number of alkyl halides is 3. The summed E-state index contributed by atoms with van der Waals surface area (Å²) in [7, 11) is 0. The molecular weight excluding hydrogens is 142 g/mol. The molecule has 1 aliphatic rings. The fraction of sp³-hybridized carbons (Fsp3) is 0.667. The molecule has 0 aromatic rings. The number of rotatable bonds is 0. The third-order valence-corrected chi connectivity index (χ3v) is 2.04. The van der Waals surface area contributed by atoms with Gasteiger partial charge in [0, 0.05) is 6.42 Å². The zero-order valence-electron chi connectivity index (χ0n) is 2.79. The van der Waals surface area contributed by atoms with Crippen molar-refractivity contribution in [2.24, 2.45) is 0 Å². The summed E-state index contributed by atoms with van der Waals surface area (Å²) >= 11 is 16.1. The van der Waals surface area contributed by atoms with Gasteiger partial charge in [-0.2, -0.15) is 0 Å². The summed E-state index contributed by atoms with van der Waals surface area (Å²) in [6.07, 6.45) is 1.65. The van der Waals surface area contributed by atoms with Crippen molar-refractivity contribution in [1.29, 1.82) is 0 Å². The summed E-state index contributed by atoms with van der Waals surface area (Å²) in [5.41, 5.74) is 0. The van der Waals surface area contributed by atoms with E-state index in [2.05, 4.69) is 0 Å². The van der Waals surface area contributed by atoms with Crippen molar-refractivity contribution >= 4 is 34.8 Å². The molecule has 1 fully saturated rings. The highest BCUT2D eigenvalue weighted by Gasteiger charge is 2.51. The monoisotopic (exact) mass is 143 g/mol. The Bertz CT molecular complexity index is 68.4. The fourth-order valence-corrected chi connectivity index (χ4v) is 0.727. The van der Waals surface area contributed by atoms with Crippen LogP contribution >= 0.6 is 34.8 Å². The van der Waals surface area contributed by atoms with Crippen LogP contribution in [-0.2, 0) is 0 Å². The van der Waals surface area contributed by atoms with E-state index in [0.29, 0.717) is 0 Å². The highest BCUT2D eigenvalue weighted by Crippen LogP contribution is 2.49. The first-order valence-electron chi connectivity index (χ1n) is 1.51. The lowest BCUT2D eigenvalue weighted by Gasteiger charge is -1.83. The predicted molar refractivity (Wildman–Crippen MR) is 28.4 cm³/mol. The molecule has 1 radical (unpaired) electrons. The van der Waals surface area contributed by atoms with E-state index >= 15 is 0 Å². The normalized spacial score (nSPS) is 39.5. The molecule has 1 aliphatic carbocycles. The Kier molecular flexibility index (Phi) is 0.985. The number of hydrogen-bond donors (Lipinski definition) is 0. The zero-order chi connectivity index (χ0) is 4.78. The van der Waals surface area contributed by atoms with Crippen LogP contribution in [0.1, 0.15) is 0 Å². The van der Waals surface area contributed by atoms with E-state index in [4.69, 9.17) is 34.8 Å². The summed E-state index contributed by atoms with van der Waals surface area (Å²) in [6, 6.07) is 0. The summed E-state index contributed by atoms with van der Waals surface area (Å²) in [4.78, 5) is 0. The molecule has 0 N–H and O–H groups in total. The molecule has 1 unspecified atom stereocenters. The third kappa shape index (κ3) is 0.749. The van der Waals surface area contributed by atoms with Crippen molar-refractivity contribution < 1.29 is 0 Å². The minimum atomic E-state index is -0.707. The smallest absolute Gasteiger partial charge is 0.119 e. The zero-order valence-corrected chi connectivity index (χ0v) is 5.06. The Hall–Kier alpha value is 0.870. The molecule has 0 aromatic carbocycles. The maximum Gasteiger partial charge on any atom is 0.139 e. The van der Waals surface area contributed by atoms with Crippen LogP contribution in [0.4, 0.5) is 0 Å². The van der Waals surface area contributed by atoms with E-state index in [0.717, 1.165) is 0 Å². The van der Waals surface area contributed by atoms with Gasteiger partial charge in [-0.05, 0) is 0 Å². The van der Waals surface area contributed by atoms with Gasteiger partial charge in [-0.25, -0.2) is 0 Å². The van der Waals surface area contributed by atoms with Crippen LogP contribution in [0.5, 0.6) is 0 Å². The fourth-order valence-electron chi connectivity index (χ4n) is 0.147. The van der Waals surface area contributed by atoms with Gasteiger partial charge in [-0.15, -0.1) is 11.6 Å². The molecule has 6 heavy (non-hydrogen) atoms. The summed E-state index contributed by atoms with van der Waals surface area (Å²) in [5, 5.41) is -0.124. The van der Waals surface area contributed by atoms with Crippen LogP contribution < -0.4 is 0 Å². The van der Waals surface area contributed by atoms with E-state index in [9.17, 15) is 0 Å². The first-order chi connectivity index (χ1) is 2.63. The molecule has 35 valence electrons. The summed E-state index contributed by atoms with van der Waals surface area (Å²) in [6.45, 7) is 0. The first-order valence-corrected chi connectivity index (χ1v) is 2.70. The maximum atomic E-state index is 5.37. The molecule has 1 atom stereocenters. The third-order valence-electron chi connectivity index (χ3n) is 0.627. The summed E-state index contributed by atoms with van der Waals surface area (Å²) in [5.74, 6) is 0. The molecule has 0 aromatic heterocycles. The standard InChI is InChI=1S/C3H2Cl3/c4-2-1-3(2,5)6/h1-2H. The van der Waals surface area contributed by atoms with Crippen LogP contribution in [0.15, 0.2) is 0 Å². The highest BCUT2D eigenvalue weighted by atomic mass is 35.5. The summed E-state index contributed by atoms with van der Waals surface area (Å²) < 4.78 is -0.707. The van der Waals surface area contributed by atoms with Gasteiger partial charge in [-0.3, -0.25) is 0 Å². The average molecular weight is 144 g/mol. The van der Waals surface area contributed by atoms with Crippen LogP contribution in [-0.4, -0.2) is 9.71 Å². The second kappa shape index (κ2) is 1.18. The van der Waals surface area contributed by atoms with Crippen molar-refractivity contribution in [3.05, 3.63) is 6.42 Å². The Morgan fingerprint density at radius 2 is 1.67 bits per heavy atom. The van der Waals surface area contributed by atoms with Crippen LogP contribution in [0.25, 0.3) is 0 Å². The predicted octanol–water partition coefficient (Wildman–Crippen LogP) is 1.99. The molecule has 0 heterocycles. The molecule has 0 saturated heterocycles.